The fraction of sp³-hybridized carbons (Fsp3) is 0.250. The van der Waals surface area contributed by atoms with Gasteiger partial charge in [0.15, 0.2) is 0 Å². The molecule has 0 bridgehead atoms. The van der Waals surface area contributed by atoms with Crippen LogP contribution in [0.5, 0.6) is 0 Å². The van der Waals surface area contributed by atoms with Crippen LogP contribution >= 0.6 is 11.3 Å². The summed E-state index contributed by atoms with van der Waals surface area (Å²) in [7, 11) is 1.59. The predicted molar refractivity (Wildman–Crippen MR) is 95.1 cm³/mol. The van der Waals surface area contributed by atoms with E-state index in [-0.39, 0.29) is 5.91 Å². The van der Waals surface area contributed by atoms with E-state index in [4.69, 9.17) is 5.73 Å². The summed E-state index contributed by atoms with van der Waals surface area (Å²) in [5, 5.41) is 6.65. The molecule has 1 aliphatic carbocycles. The summed E-state index contributed by atoms with van der Waals surface area (Å²) in [4.78, 5) is 26.5. The average molecular weight is 340 g/mol. The molecule has 122 valence electrons. The van der Waals surface area contributed by atoms with Crippen molar-refractivity contribution >= 4 is 39.1 Å². The predicted octanol–water partition coefficient (Wildman–Crippen LogP) is 2.27. The number of fused-ring (bicyclic) bond motifs is 1. The maximum absolute atomic E-state index is 12.1. The maximum Gasteiger partial charge on any atom is 0.263 e. The van der Waals surface area contributed by atoms with Gasteiger partial charge in [-0.25, -0.2) is 9.97 Å². The van der Waals surface area contributed by atoms with E-state index in [1.54, 1.807) is 19.4 Å². The first-order valence-corrected chi connectivity index (χ1v) is 8.48. The third kappa shape index (κ3) is 2.54. The molecule has 0 radical (unpaired) electrons. The van der Waals surface area contributed by atoms with Gasteiger partial charge >= 0.3 is 0 Å². The number of aromatic nitrogens is 3. The van der Waals surface area contributed by atoms with Crippen molar-refractivity contribution in [2.24, 2.45) is 0 Å². The minimum absolute atomic E-state index is 0.215. The highest BCUT2D eigenvalue weighted by atomic mass is 32.1. The molecule has 24 heavy (non-hydrogen) atoms. The number of nitrogen functional groups attached to an aromatic ring is 1. The van der Waals surface area contributed by atoms with E-state index in [1.165, 1.54) is 11.3 Å². The van der Waals surface area contributed by atoms with Crippen molar-refractivity contribution in [1.29, 1.82) is 0 Å². The van der Waals surface area contributed by atoms with Crippen molar-refractivity contribution in [3.63, 3.8) is 0 Å². The highest BCUT2D eigenvalue weighted by molar-refractivity contribution is 7.21. The summed E-state index contributed by atoms with van der Waals surface area (Å²) in [6.07, 6.45) is 5.67. The highest BCUT2D eigenvalue weighted by Crippen LogP contribution is 2.39. The Morgan fingerprint density at radius 1 is 1.29 bits per heavy atom. The molecule has 0 spiro atoms. The Morgan fingerprint density at radius 2 is 2.04 bits per heavy atom. The van der Waals surface area contributed by atoms with Crippen molar-refractivity contribution in [1.82, 2.24) is 20.3 Å². The molecule has 3 heterocycles. The topological polar surface area (TPSA) is 106 Å². The van der Waals surface area contributed by atoms with Crippen molar-refractivity contribution < 1.29 is 4.79 Å². The van der Waals surface area contributed by atoms with Gasteiger partial charge in [-0.2, -0.15) is 0 Å². The summed E-state index contributed by atoms with van der Waals surface area (Å²) in [5.41, 5.74) is 8.28. The summed E-state index contributed by atoms with van der Waals surface area (Å²) >= 11 is 1.28. The number of carbonyl (C=O) groups excluding carboxylic acids is 1. The standard InChI is InChI=1S/C16H16N6OS/c1-18-14(23)13-11(17)10-12(8-4-6-19-7-5-8)21-16(20-9-2-3-9)22-15(10)24-13/h4-7,9H,2-3,17H2,1H3,(H,18,23)(H,20,21,22). The van der Waals surface area contributed by atoms with Crippen LogP contribution < -0.4 is 16.4 Å². The Balaban J connectivity index is 1.95. The summed E-state index contributed by atoms with van der Waals surface area (Å²) in [6, 6.07) is 4.18. The Bertz CT molecular complexity index is 919. The van der Waals surface area contributed by atoms with Gasteiger partial charge in [0, 0.05) is 31.0 Å². The fourth-order valence-corrected chi connectivity index (χ4v) is 3.54. The second-order valence-corrected chi connectivity index (χ2v) is 6.65. The molecule has 3 aromatic heterocycles. The maximum atomic E-state index is 12.1. The lowest BCUT2D eigenvalue weighted by Gasteiger charge is -2.08. The Morgan fingerprint density at radius 3 is 2.71 bits per heavy atom. The van der Waals surface area contributed by atoms with E-state index in [1.807, 2.05) is 12.1 Å². The highest BCUT2D eigenvalue weighted by Gasteiger charge is 2.25. The van der Waals surface area contributed by atoms with E-state index in [9.17, 15) is 4.79 Å². The molecule has 0 aliphatic heterocycles. The largest absolute Gasteiger partial charge is 0.397 e. The van der Waals surface area contributed by atoms with Gasteiger partial charge in [-0.05, 0) is 25.0 Å². The summed E-state index contributed by atoms with van der Waals surface area (Å²) in [5.74, 6) is 0.356. The number of rotatable bonds is 4. The molecule has 0 atom stereocenters. The van der Waals surface area contributed by atoms with Crippen LogP contribution in [0.25, 0.3) is 21.5 Å². The second kappa shape index (κ2) is 5.72. The number of thiophene rings is 1. The molecule has 1 aliphatic rings. The van der Waals surface area contributed by atoms with Crippen LogP contribution in [0.4, 0.5) is 11.6 Å². The van der Waals surface area contributed by atoms with Gasteiger partial charge in [0.25, 0.3) is 5.91 Å². The normalized spacial score (nSPS) is 13.9. The SMILES string of the molecule is CNC(=O)c1sc2nc(NC3CC3)nc(-c3ccncc3)c2c1N. The van der Waals surface area contributed by atoms with Gasteiger partial charge in [0.1, 0.15) is 9.71 Å². The lowest BCUT2D eigenvalue weighted by molar-refractivity contribution is 0.0968. The number of nitrogens with one attached hydrogen (secondary N) is 2. The number of amides is 1. The number of nitrogens with two attached hydrogens (primary N) is 1. The number of nitrogens with zero attached hydrogens (tertiary/aromatic N) is 3. The van der Waals surface area contributed by atoms with E-state index in [0.717, 1.165) is 24.1 Å². The lowest BCUT2D eigenvalue weighted by atomic mass is 10.1. The van der Waals surface area contributed by atoms with E-state index < -0.39 is 0 Å². The van der Waals surface area contributed by atoms with Crippen LogP contribution in [0.2, 0.25) is 0 Å². The fourth-order valence-electron chi connectivity index (χ4n) is 2.50. The lowest BCUT2D eigenvalue weighted by Crippen LogP contribution is -2.17. The molecule has 1 saturated carbocycles. The molecule has 0 unspecified atom stereocenters. The smallest absolute Gasteiger partial charge is 0.263 e. The van der Waals surface area contributed by atoms with Crippen molar-refractivity contribution in [2.75, 3.05) is 18.1 Å². The Kier molecular flexibility index (Phi) is 3.53. The molecule has 7 nitrogen and oxygen atoms in total. The van der Waals surface area contributed by atoms with Gasteiger partial charge in [0.05, 0.1) is 16.8 Å². The van der Waals surface area contributed by atoms with Crippen LogP contribution in [0.1, 0.15) is 22.5 Å². The van der Waals surface area contributed by atoms with Crippen LogP contribution in [0.3, 0.4) is 0 Å². The molecular formula is C16H16N6OS. The molecule has 4 rings (SSSR count). The molecule has 0 saturated heterocycles. The first kappa shape index (κ1) is 14.8. The van der Waals surface area contributed by atoms with Gasteiger partial charge in [0.2, 0.25) is 5.95 Å². The Hall–Kier alpha value is -2.74. The van der Waals surface area contributed by atoms with E-state index >= 15 is 0 Å². The number of carbonyl (C=O) groups is 1. The molecule has 3 aromatic rings. The third-order valence-corrected chi connectivity index (χ3v) is 4.98. The summed E-state index contributed by atoms with van der Waals surface area (Å²) < 4.78 is 0. The van der Waals surface area contributed by atoms with Crippen LogP contribution in [-0.4, -0.2) is 33.9 Å². The zero-order chi connectivity index (χ0) is 16.7. The monoisotopic (exact) mass is 340 g/mol. The third-order valence-electron chi connectivity index (χ3n) is 3.89. The van der Waals surface area contributed by atoms with Gasteiger partial charge in [-0.1, -0.05) is 0 Å². The zero-order valence-electron chi connectivity index (χ0n) is 13.0. The zero-order valence-corrected chi connectivity index (χ0v) is 13.9. The van der Waals surface area contributed by atoms with Crippen molar-refractivity contribution in [2.45, 2.75) is 18.9 Å². The minimum Gasteiger partial charge on any atom is -0.397 e. The van der Waals surface area contributed by atoms with Gasteiger partial charge < -0.3 is 16.4 Å². The molecule has 0 aromatic carbocycles. The molecule has 8 heteroatoms. The summed E-state index contributed by atoms with van der Waals surface area (Å²) in [6.45, 7) is 0. The first-order valence-electron chi connectivity index (χ1n) is 7.66. The van der Waals surface area contributed by atoms with Crippen LogP contribution in [0.15, 0.2) is 24.5 Å². The first-order chi connectivity index (χ1) is 11.7. The molecular weight excluding hydrogens is 324 g/mol. The number of hydrogen-bond donors (Lipinski definition) is 3. The second-order valence-electron chi connectivity index (χ2n) is 5.65. The van der Waals surface area contributed by atoms with Gasteiger partial charge in [-0.3, -0.25) is 9.78 Å². The van der Waals surface area contributed by atoms with Crippen LogP contribution in [0, 0.1) is 0 Å². The number of anilines is 2. The number of hydrogen-bond acceptors (Lipinski definition) is 7. The molecule has 1 fully saturated rings. The molecule has 4 N–H and O–H groups in total. The van der Waals surface area contributed by atoms with Gasteiger partial charge in [-0.15, -0.1) is 11.3 Å². The quantitative estimate of drug-likeness (QED) is 0.673. The molecule has 1 amide bonds. The minimum atomic E-state index is -0.215. The van der Waals surface area contributed by atoms with Crippen molar-refractivity contribution in [3.05, 3.63) is 29.4 Å². The average Bonchev–Trinajstić information content (AvgIpc) is 3.36. The number of pyridine rings is 1. The van der Waals surface area contributed by atoms with Crippen LogP contribution in [-0.2, 0) is 0 Å². The van der Waals surface area contributed by atoms with E-state index in [0.29, 0.717) is 32.8 Å². The van der Waals surface area contributed by atoms with Crippen molar-refractivity contribution in [3.8, 4) is 11.3 Å². The Labute approximate surface area is 142 Å². The van der Waals surface area contributed by atoms with E-state index in [2.05, 4.69) is 25.6 Å².